The highest BCUT2D eigenvalue weighted by Crippen LogP contribution is 2.24. The second-order valence-corrected chi connectivity index (χ2v) is 4.82. The van der Waals surface area contributed by atoms with E-state index in [-0.39, 0.29) is 0 Å². The average Bonchev–Trinajstić information content (AvgIpc) is 2.98. The van der Waals surface area contributed by atoms with Gasteiger partial charge in [-0.05, 0) is 6.07 Å². The summed E-state index contributed by atoms with van der Waals surface area (Å²) in [6, 6.07) is 15.8. The van der Waals surface area contributed by atoms with Crippen LogP contribution in [0, 0.1) is 0 Å². The maximum Gasteiger partial charge on any atom is 0.140 e. The fourth-order valence-corrected chi connectivity index (χ4v) is 2.36. The average molecular weight is 279 g/mol. The zero-order valence-electron chi connectivity index (χ0n) is 11.9. The monoisotopic (exact) mass is 279 g/mol. The summed E-state index contributed by atoms with van der Waals surface area (Å²) in [5.41, 5.74) is 8.66. The van der Waals surface area contributed by atoms with Crippen LogP contribution in [0.5, 0.6) is 5.75 Å². The standard InChI is InChI=1S/C17H17N3O/c1-21-16-11-15(18)8-7-14(16)12-20-10-9-19-17(20)13-5-3-2-4-6-13/h2-11H,12,18H2,1H3. The molecule has 0 saturated heterocycles. The van der Waals surface area contributed by atoms with Gasteiger partial charge < -0.3 is 15.0 Å². The molecule has 0 amide bonds. The highest BCUT2D eigenvalue weighted by atomic mass is 16.5. The zero-order chi connectivity index (χ0) is 14.7. The minimum absolute atomic E-state index is 0.688. The number of nitrogen functional groups attached to an aromatic ring is 1. The van der Waals surface area contributed by atoms with Crippen LogP contribution in [0.15, 0.2) is 60.9 Å². The normalized spacial score (nSPS) is 10.5. The number of aromatic nitrogens is 2. The number of rotatable bonds is 4. The summed E-state index contributed by atoms with van der Waals surface area (Å²) in [7, 11) is 1.66. The van der Waals surface area contributed by atoms with Crippen molar-refractivity contribution < 1.29 is 4.74 Å². The Bertz CT molecular complexity index is 735. The maximum absolute atomic E-state index is 5.80. The number of anilines is 1. The smallest absolute Gasteiger partial charge is 0.140 e. The molecule has 2 aromatic carbocycles. The van der Waals surface area contributed by atoms with E-state index in [2.05, 4.69) is 21.7 Å². The molecule has 0 radical (unpaired) electrons. The Morgan fingerprint density at radius 2 is 1.95 bits per heavy atom. The molecule has 1 aromatic heterocycles. The van der Waals surface area contributed by atoms with E-state index in [1.165, 1.54) is 0 Å². The molecule has 0 bridgehead atoms. The van der Waals surface area contributed by atoms with Crippen molar-refractivity contribution in [1.82, 2.24) is 9.55 Å². The van der Waals surface area contributed by atoms with E-state index in [0.29, 0.717) is 12.2 Å². The number of nitrogens with two attached hydrogens (primary N) is 1. The first kappa shape index (κ1) is 13.2. The minimum atomic E-state index is 0.688. The van der Waals surface area contributed by atoms with Crippen LogP contribution in [-0.4, -0.2) is 16.7 Å². The maximum atomic E-state index is 5.80. The molecule has 106 valence electrons. The summed E-state index contributed by atoms with van der Waals surface area (Å²) in [5.74, 6) is 1.73. The zero-order valence-corrected chi connectivity index (χ0v) is 11.9. The molecule has 0 unspecified atom stereocenters. The Labute approximate surface area is 123 Å². The molecular formula is C17H17N3O. The van der Waals surface area contributed by atoms with E-state index in [0.717, 1.165) is 22.7 Å². The van der Waals surface area contributed by atoms with E-state index >= 15 is 0 Å². The van der Waals surface area contributed by atoms with Crippen molar-refractivity contribution in [2.24, 2.45) is 0 Å². The van der Waals surface area contributed by atoms with Crippen LogP contribution in [0.1, 0.15) is 5.56 Å². The van der Waals surface area contributed by atoms with Crippen LogP contribution in [0.2, 0.25) is 0 Å². The molecule has 3 rings (SSSR count). The molecule has 0 aliphatic heterocycles. The van der Waals surface area contributed by atoms with Crippen LogP contribution in [0.25, 0.3) is 11.4 Å². The minimum Gasteiger partial charge on any atom is -0.496 e. The van der Waals surface area contributed by atoms with Crippen molar-refractivity contribution in [3.05, 3.63) is 66.5 Å². The third kappa shape index (κ3) is 2.74. The lowest BCUT2D eigenvalue weighted by Gasteiger charge is -2.12. The second-order valence-electron chi connectivity index (χ2n) is 4.82. The van der Waals surface area contributed by atoms with Gasteiger partial charge in [-0.1, -0.05) is 36.4 Å². The summed E-state index contributed by atoms with van der Waals surface area (Å²) in [4.78, 5) is 4.45. The first-order valence-electron chi connectivity index (χ1n) is 6.77. The van der Waals surface area contributed by atoms with E-state index < -0.39 is 0 Å². The Morgan fingerprint density at radius 1 is 1.14 bits per heavy atom. The van der Waals surface area contributed by atoms with E-state index in [1.54, 1.807) is 7.11 Å². The van der Waals surface area contributed by atoms with Crippen molar-refractivity contribution in [3.8, 4) is 17.1 Å². The van der Waals surface area contributed by atoms with Crippen LogP contribution < -0.4 is 10.5 Å². The fraction of sp³-hybridized carbons (Fsp3) is 0.118. The molecular weight excluding hydrogens is 262 g/mol. The fourth-order valence-electron chi connectivity index (χ4n) is 2.36. The Morgan fingerprint density at radius 3 is 2.71 bits per heavy atom. The molecule has 21 heavy (non-hydrogen) atoms. The van der Waals surface area contributed by atoms with Crippen molar-refractivity contribution >= 4 is 5.69 Å². The summed E-state index contributed by atoms with van der Waals surface area (Å²) < 4.78 is 7.51. The van der Waals surface area contributed by atoms with Gasteiger partial charge in [0.15, 0.2) is 0 Å². The van der Waals surface area contributed by atoms with E-state index in [4.69, 9.17) is 10.5 Å². The number of methoxy groups -OCH3 is 1. The van der Waals surface area contributed by atoms with Gasteiger partial charge in [0.05, 0.1) is 13.7 Å². The Balaban J connectivity index is 1.95. The van der Waals surface area contributed by atoms with Crippen molar-refractivity contribution in [2.45, 2.75) is 6.54 Å². The van der Waals surface area contributed by atoms with Crippen LogP contribution in [0.3, 0.4) is 0 Å². The van der Waals surface area contributed by atoms with Crippen LogP contribution in [0.4, 0.5) is 5.69 Å². The Kier molecular flexibility index (Phi) is 3.60. The van der Waals surface area contributed by atoms with Gasteiger partial charge in [0.1, 0.15) is 11.6 Å². The number of hydrogen-bond acceptors (Lipinski definition) is 3. The first-order chi connectivity index (χ1) is 10.3. The SMILES string of the molecule is COc1cc(N)ccc1Cn1ccnc1-c1ccccc1. The molecule has 3 aromatic rings. The molecule has 0 spiro atoms. The van der Waals surface area contributed by atoms with Crippen LogP contribution >= 0.6 is 0 Å². The lowest BCUT2D eigenvalue weighted by atomic mass is 10.1. The Hall–Kier alpha value is -2.75. The number of imidazole rings is 1. The highest BCUT2D eigenvalue weighted by Gasteiger charge is 2.09. The molecule has 0 aliphatic carbocycles. The number of hydrogen-bond donors (Lipinski definition) is 1. The molecule has 2 N–H and O–H groups in total. The summed E-state index contributed by atoms with van der Waals surface area (Å²) in [5, 5.41) is 0. The third-order valence-corrected chi connectivity index (χ3v) is 3.40. The predicted octanol–water partition coefficient (Wildman–Crippen LogP) is 3.19. The molecule has 4 heteroatoms. The van der Waals surface area contributed by atoms with Crippen LogP contribution in [-0.2, 0) is 6.54 Å². The molecule has 1 heterocycles. The lowest BCUT2D eigenvalue weighted by Crippen LogP contribution is -2.03. The van der Waals surface area contributed by atoms with Gasteiger partial charge in [-0.15, -0.1) is 0 Å². The van der Waals surface area contributed by atoms with Crippen molar-refractivity contribution in [3.63, 3.8) is 0 Å². The second kappa shape index (κ2) is 5.71. The molecule has 4 nitrogen and oxygen atoms in total. The first-order valence-corrected chi connectivity index (χ1v) is 6.77. The van der Waals surface area contributed by atoms with E-state index in [1.807, 2.05) is 48.8 Å². The summed E-state index contributed by atoms with van der Waals surface area (Å²) >= 11 is 0. The number of ether oxygens (including phenoxy) is 1. The van der Waals surface area contributed by atoms with Gasteiger partial charge in [0.25, 0.3) is 0 Å². The third-order valence-electron chi connectivity index (χ3n) is 3.40. The van der Waals surface area contributed by atoms with Gasteiger partial charge in [-0.2, -0.15) is 0 Å². The molecule has 0 aliphatic rings. The quantitative estimate of drug-likeness (QED) is 0.746. The van der Waals surface area contributed by atoms with E-state index in [9.17, 15) is 0 Å². The molecule has 0 fully saturated rings. The predicted molar refractivity (Wildman–Crippen MR) is 84.2 cm³/mol. The number of nitrogens with zero attached hydrogens (tertiary/aromatic N) is 2. The molecule has 0 saturated carbocycles. The topological polar surface area (TPSA) is 53.1 Å². The summed E-state index contributed by atoms with van der Waals surface area (Å²) in [6.45, 7) is 0.688. The van der Waals surface area contributed by atoms with Crippen molar-refractivity contribution in [1.29, 1.82) is 0 Å². The van der Waals surface area contributed by atoms with Gasteiger partial charge in [0, 0.05) is 35.3 Å². The van der Waals surface area contributed by atoms with Gasteiger partial charge in [0.2, 0.25) is 0 Å². The largest absolute Gasteiger partial charge is 0.496 e. The van der Waals surface area contributed by atoms with Gasteiger partial charge in [-0.25, -0.2) is 4.98 Å². The summed E-state index contributed by atoms with van der Waals surface area (Å²) in [6.07, 6.45) is 3.78. The van der Waals surface area contributed by atoms with Crippen molar-refractivity contribution in [2.75, 3.05) is 12.8 Å². The number of benzene rings is 2. The lowest BCUT2D eigenvalue weighted by molar-refractivity contribution is 0.408. The van der Waals surface area contributed by atoms with Gasteiger partial charge >= 0.3 is 0 Å². The molecule has 0 atom stereocenters. The van der Waals surface area contributed by atoms with Gasteiger partial charge in [-0.3, -0.25) is 0 Å². The highest BCUT2D eigenvalue weighted by molar-refractivity contribution is 5.56.